The Hall–Kier alpha value is -2.35. The van der Waals surface area contributed by atoms with E-state index >= 15 is 0 Å². The summed E-state index contributed by atoms with van der Waals surface area (Å²) in [7, 11) is 0. The van der Waals surface area contributed by atoms with Gasteiger partial charge in [0.25, 0.3) is 5.91 Å². The molecular formula is C23H26N4O2S. The van der Waals surface area contributed by atoms with E-state index in [0.29, 0.717) is 23.4 Å². The van der Waals surface area contributed by atoms with E-state index < -0.39 is 0 Å². The van der Waals surface area contributed by atoms with Gasteiger partial charge in [-0.1, -0.05) is 12.1 Å². The number of aromatic nitrogens is 2. The molecule has 5 rings (SSSR count). The molecule has 1 aromatic carbocycles. The van der Waals surface area contributed by atoms with Crippen molar-refractivity contribution in [3.05, 3.63) is 66.1 Å². The molecule has 156 valence electrons. The Morgan fingerprint density at radius 1 is 1.13 bits per heavy atom. The van der Waals surface area contributed by atoms with Gasteiger partial charge in [0.15, 0.2) is 0 Å². The Bertz CT molecular complexity index is 1010. The molecule has 2 aliphatic rings. The lowest BCUT2D eigenvalue weighted by Gasteiger charge is -2.41. The first-order chi connectivity index (χ1) is 14.7. The Morgan fingerprint density at radius 2 is 1.93 bits per heavy atom. The number of carbonyl (C=O) groups is 1. The number of nitrogens with zero attached hydrogens (tertiary/aromatic N) is 3. The van der Waals surface area contributed by atoms with Crippen LogP contribution >= 0.6 is 11.8 Å². The van der Waals surface area contributed by atoms with Gasteiger partial charge in [-0.05, 0) is 55.8 Å². The Balaban J connectivity index is 1.10. The summed E-state index contributed by atoms with van der Waals surface area (Å²) < 4.78 is 7.17. The fourth-order valence-electron chi connectivity index (χ4n) is 4.01. The summed E-state index contributed by atoms with van der Waals surface area (Å²) in [5.74, 6) is -0.0762. The van der Waals surface area contributed by atoms with E-state index in [1.807, 2.05) is 28.4 Å². The number of fused-ring (bicyclic) bond motifs is 1. The third kappa shape index (κ3) is 4.38. The number of pyridine rings is 1. The van der Waals surface area contributed by atoms with Crippen LogP contribution in [0.1, 0.15) is 28.8 Å². The molecular weight excluding hydrogens is 396 g/mol. The summed E-state index contributed by atoms with van der Waals surface area (Å²) in [4.78, 5) is 20.5. The number of thioether (sulfide) groups is 1. The number of benzene rings is 1. The Kier molecular flexibility index (Phi) is 5.75. The third-order valence-corrected chi connectivity index (χ3v) is 7.29. The summed E-state index contributed by atoms with van der Waals surface area (Å²) >= 11 is 1.98. The van der Waals surface area contributed by atoms with Crippen molar-refractivity contribution in [2.75, 3.05) is 26.3 Å². The van der Waals surface area contributed by atoms with Gasteiger partial charge >= 0.3 is 0 Å². The average molecular weight is 423 g/mol. The van der Waals surface area contributed by atoms with Crippen molar-refractivity contribution in [2.24, 2.45) is 0 Å². The SMILES string of the molecule is O=C(NCc1ccc(SC2CCN(C3COC3)CC2)cc1)c1ccc2nccn2c1. The van der Waals surface area contributed by atoms with Crippen LogP contribution in [0.4, 0.5) is 0 Å². The third-order valence-electron chi connectivity index (χ3n) is 5.94. The molecule has 0 spiro atoms. The lowest BCUT2D eigenvalue weighted by molar-refractivity contribution is -0.0694. The van der Waals surface area contributed by atoms with E-state index in [1.165, 1.54) is 30.8 Å². The van der Waals surface area contributed by atoms with Crippen molar-refractivity contribution >= 4 is 23.3 Å². The van der Waals surface area contributed by atoms with Crippen LogP contribution in [-0.2, 0) is 11.3 Å². The van der Waals surface area contributed by atoms with E-state index in [-0.39, 0.29) is 5.91 Å². The average Bonchev–Trinajstić information content (AvgIpc) is 3.21. The molecule has 0 unspecified atom stereocenters. The summed E-state index contributed by atoms with van der Waals surface area (Å²) in [6.45, 7) is 4.71. The van der Waals surface area contributed by atoms with E-state index in [0.717, 1.165) is 24.4 Å². The highest BCUT2D eigenvalue weighted by molar-refractivity contribution is 8.00. The number of likely N-dealkylation sites (tertiary alicyclic amines) is 1. The second-order valence-electron chi connectivity index (χ2n) is 7.98. The van der Waals surface area contributed by atoms with Crippen LogP contribution in [0.5, 0.6) is 0 Å². The standard InChI is InChI=1S/C23H26N4O2S/c28-23(18-3-6-22-24-9-12-27(22)14-18)25-13-17-1-4-20(5-2-17)30-21-7-10-26(11-8-21)19-15-29-16-19/h1-6,9,12,14,19,21H,7-8,10-11,13,15-16H2,(H,25,28). The number of nitrogens with one attached hydrogen (secondary N) is 1. The van der Waals surface area contributed by atoms with Gasteiger partial charge in [-0.25, -0.2) is 4.98 Å². The second kappa shape index (κ2) is 8.79. The first-order valence-corrected chi connectivity index (χ1v) is 11.4. The topological polar surface area (TPSA) is 58.9 Å². The quantitative estimate of drug-likeness (QED) is 0.661. The van der Waals surface area contributed by atoms with E-state index in [2.05, 4.69) is 39.5 Å². The molecule has 3 aromatic rings. The lowest BCUT2D eigenvalue weighted by Crippen LogP contribution is -2.52. The number of piperidine rings is 1. The van der Waals surface area contributed by atoms with Gasteiger partial charge < -0.3 is 14.5 Å². The first kappa shape index (κ1) is 19.6. The molecule has 4 heterocycles. The molecule has 0 bridgehead atoms. The van der Waals surface area contributed by atoms with E-state index in [1.54, 1.807) is 18.5 Å². The zero-order valence-corrected chi connectivity index (χ0v) is 17.7. The van der Waals surface area contributed by atoms with E-state index in [4.69, 9.17) is 4.74 Å². The van der Waals surface area contributed by atoms with Crippen molar-refractivity contribution in [3.63, 3.8) is 0 Å². The highest BCUT2D eigenvalue weighted by Crippen LogP contribution is 2.31. The molecule has 2 aliphatic heterocycles. The van der Waals surface area contributed by atoms with Crippen molar-refractivity contribution in [1.29, 1.82) is 0 Å². The van der Waals surface area contributed by atoms with Crippen LogP contribution < -0.4 is 5.32 Å². The molecule has 1 N–H and O–H groups in total. The Morgan fingerprint density at radius 3 is 2.67 bits per heavy atom. The smallest absolute Gasteiger partial charge is 0.253 e. The number of hydrogen-bond acceptors (Lipinski definition) is 5. The Labute approximate surface area is 180 Å². The molecule has 2 saturated heterocycles. The van der Waals surface area contributed by atoms with Gasteiger partial charge in [-0.2, -0.15) is 0 Å². The fraction of sp³-hybridized carbons (Fsp3) is 0.391. The summed E-state index contributed by atoms with van der Waals surface area (Å²) in [6.07, 6.45) is 7.85. The number of hydrogen-bond donors (Lipinski definition) is 1. The largest absolute Gasteiger partial charge is 0.378 e. The number of rotatable bonds is 6. The summed E-state index contributed by atoms with van der Waals surface area (Å²) in [5.41, 5.74) is 2.58. The predicted octanol–water partition coefficient (Wildman–Crippen LogP) is 3.22. The number of amides is 1. The van der Waals surface area contributed by atoms with Crippen LogP contribution in [0.3, 0.4) is 0 Å². The van der Waals surface area contributed by atoms with Gasteiger partial charge in [0.1, 0.15) is 5.65 Å². The van der Waals surface area contributed by atoms with Gasteiger partial charge in [-0.3, -0.25) is 9.69 Å². The van der Waals surface area contributed by atoms with Crippen molar-refractivity contribution < 1.29 is 9.53 Å². The maximum Gasteiger partial charge on any atom is 0.253 e. The van der Waals surface area contributed by atoms with Gasteiger partial charge in [0.2, 0.25) is 0 Å². The van der Waals surface area contributed by atoms with Gasteiger partial charge in [0.05, 0.1) is 24.8 Å². The number of ether oxygens (including phenoxy) is 1. The maximum absolute atomic E-state index is 12.5. The van der Waals surface area contributed by atoms with Crippen LogP contribution in [0.2, 0.25) is 0 Å². The summed E-state index contributed by atoms with van der Waals surface area (Å²) in [5, 5.41) is 3.69. The molecule has 0 saturated carbocycles. The maximum atomic E-state index is 12.5. The van der Waals surface area contributed by atoms with Gasteiger partial charge in [0, 0.05) is 35.3 Å². The molecule has 0 atom stereocenters. The van der Waals surface area contributed by atoms with Crippen LogP contribution in [-0.4, -0.2) is 57.8 Å². The fourth-order valence-corrected chi connectivity index (χ4v) is 5.13. The molecule has 30 heavy (non-hydrogen) atoms. The molecule has 0 radical (unpaired) electrons. The first-order valence-electron chi connectivity index (χ1n) is 10.5. The molecule has 1 amide bonds. The molecule has 6 nitrogen and oxygen atoms in total. The number of carbonyl (C=O) groups excluding carboxylic acids is 1. The second-order valence-corrected chi connectivity index (χ2v) is 9.36. The minimum absolute atomic E-state index is 0.0762. The lowest BCUT2D eigenvalue weighted by atomic mass is 10.1. The minimum Gasteiger partial charge on any atom is -0.378 e. The summed E-state index contributed by atoms with van der Waals surface area (Å²) in [6, 6.07) is 12.9. The molecule has 0 aliphatic carbocycles. The zero-order valence-electron chi connectivity index (χ0n) is 16.9. The highest BCUT2D eigenvalue weighted by Gasteiger charge is 2.29. The normalized spacial score (nSPS) is 18.4. The predicted molar refractivity (Wildman–Crippen MR) is 118 cm³/mol. The van der Waals surface area contributed by atoms with Gasteiger partial charge in [-0.15, -0.1) is 11.8 Å². The molecule has 7 heteroatoms. The molecule has 2 fully saturated rings. The van der Waals surface area contributed by atoms with Crippen LogP contribution in [0.25, 0.3) is 5.65 Å². The van der Waals surface area contributed by atoms with Crippen molar-refractivity contribution in [2.45, 2.75) is 35.6 Å². The zero-order chi connectivity index (χ0) is 20.3. The van der Waals surface area contributed by atoms with Crippen LogP contribution in [0.15, 0.2) is 59.9 Å². The monoisotopic (exact) mass is 422 g/mol. The van der Waals surface area contributed by atoms with E-state index in [9.17, 15) is 4.79 Å². The molecule has 2 aromatic heterocycles. The minimum atomic E-state index is -0.0762. The van der Waals surface area contributed by atoms with Crippen LogP contribution in [0, 0.1) is 0 Å². The number of imidazole rings is 1. The van der Waals surface area contributed by atoms with Crippen molar-refractivity contribution in [1.82, 2.24) is 19.6 Å². The van der Waals surface area contributed by atoms with Crippen molar-refractivity contribution in [3.8, 4) is 0 Å². The highest BCUT2D eigenvalue weighted by atomic mass is 32.2.